The number of amides is 1. The Balaban J connectivity index is 1.73. The summed E-state index contributed by atoms with van der Waals surface area (Å²) in [4.78, 5) is 22.8. The Kier molecular flexibility index (Phi) is 3.42. The minimum Gasteiger partial charge on any atom is -0.455 e. The van der Waals surface area contributed by atoms with E-state index in [9.17, 15) is 9.59 Å². The molecule has 0 unspecified atom stereocenters. The molecule has 0 saturated heterocycles. The molecule has 0 aliphatic heterocycles. The van der Waals surface area contributed by atoms with Crippen LogP contribution in [-0.4, -0.2) is 18.5 Å². The number of carbonyl (C=O) groups excluding carboxylic acids is 2. The molecule has 1 aliphatic carbocycles. The van der Waals surface area contributed by atoms with Crippen LogP contribution in [0.15, 0.2) is 30.3 Å². The number of rotatable bonds is 4. The molecular weight excluding hydrogens is 218 g/mol. The van der Waals surface area contributed by atoms with Crippen molar-refractivity contribution in [1.29, 1.82) is 0 Å². The van der Waals surface area contributed by atoms with Gasteiger partial charge in [-0.1, -0.05) is 25.1 Å². The van der Waals surface area contributed by atoms with Crippen molar-refractivity contribution in [3.63, 3.8) is 0 Å². The van der Waals surface area contributed by atoms with Crippen molar-refractivity contribution in [3.05, 3.63) is 30.3 Å². The van der Waals surface area contributed by atoms with E-state index >= 15 is 0 Å². The van der Waals surface area contributed by atoms with Crippen LogP contribution in [0.25, 0.3) is 0 Å². The van der Waals surface area contributed by atoms with Crippen LogP contribution in [0.3, 0.4) is 0 Å². The van der Waals surface area contributed by atoms with Crippen molar-refractivity contribution in [3.8, 4) is 0 Å². The number of esters is 1. The van der Waals surface area contributed by atoms with E-state index in [1.165, 1.54) is 0 Å². The zero-order valence-corrected chi connectivity index (χ0v) is 9.68. The molecule has 2 rings (SSSR count). The average Bonchev–Trinajstić information content (AvgIpc) is 3.05. The number of anilines is 1. The Bertz CT molecular complexity index is 416. The lowest BCUT2D eigenvalue weighted by Gasteiger charge is -2.05. The van der Waals surface area contributed by atoms with Gasteiger partial charge in [-0.2, -0.15) is 0 Å². The van der Waals surface area contributed by atoms with Crippen LogP contribution in [0.1, 0.15) is 13.3 Å². The van der Waals surface area contributed by atoms with Crippen LogP contribution in [0.5, 0.6) is 0 Å². The van der Waals surface area contributed by atoms with Crippen molar-refractivity contribution >= 4 is 17.6 Å². The van der Waals surface area contributed by atoms with Gasteiger partial charge in [0.15, 0.2) is 6.61 Å². The van der Waals surface area contributed by atoms with Gasteiger partial charge >= 0.3 is 5.97 Å². The topological polar surface area (TPSA) is 55.4 Å². The molecule has 2 atom stereocenters. The van der Waals surface area contributed by atoms with Gasteiger partial charge in [-0.15, -0.1) is 0 Å². The van der Waals surface area contributed by atoms with E-state index < -0.39 is 0 Å². The van der Waals surface area contributed by atoms with E-state index in [1.54, 1.807) is 12.1 Å². The summed E-state index contributed by atoms with van der Waals surface area (Å²) in [6, 6.07) is 9.08. The number of hydrogen-bond acceptors (Lipinski definition) is 3. The molecule has 1 N–H and O–H groups in total. The fourth-order valence-corrected chi connectivity index (χ4v) is 1.61. The quantitative estimate of drug-likeness (QED) is 0.807. The Morgan fingerprint density at radius 1 is 1.35 bits per heavy atom. The lowest BCUT2D eigenvalue weighted by molar-refractivity contribution is -0.148. The van der Waals surface area contributed by atoms with Gasteiger partial charge in [-0.25, -0.2) is 0 Å². The zero-order chi connectivity index (χ0) is 12.3. The molecule has 1 aromatic carbocycles. The fraction of sp³-hybridized carbons (Fsp3) is 0.385. The number of hydrogen-bond donors (Lipinski definition) is 1. The zero-order valence-electron chi connectivity index (χ0n) is 9.68. The number of para-hydroxylation sites is 1. The summed E-state index contributed by atoms with van der Waals surface area (Å²) in [6.07, 6.45) is 0.874. The van der Waals surface area contributed by atoms with E-state index in [0.29, 0.717) is 11.6 Å². The number of nitrogens with one attached hydrogen (secondary N) is 1. The molecule has 4 heteroatoms. The smallest absolute Gasteiger partial charge is 0.309 e. The predicted octanol–water partition coefficient (Wildman–Crippen LogP) is 1.82. The molecule has 1 saturated carbocycles. The Hall–Kier alpha value is -1.84. The van der Waals surface area contributed by atoms with Gasteiger partial charge in [0.05, 0.1) is 5.92 Å². The van der Waals surface area contributed by atoms with Gasteiger partial charge in [-0.05, 0) is 24.5 Å². The lowest BCUT2D eigenvalue weighted by atomic mass is 10.3. The number of carbonyl (C=O) groups is 2. The minimum atomic E-state index is -0.308. The summed E-state index contributed by atoms with van der Waals surface area (Å²) < 4.78 is 4.92. The molecule has 4 nitrogen and oxygen atoms in total. The van der Waals surface area contributed by atoms with Crippen molar-refractivity contribution in [2.24, 2.45) is 11.8 Å². The van der Waals surface area contributed by atoms with Gasteiger partial charge in [0.1, 0.15) is 0 Å². The number of ether oxygens (including phenoxy) is 1. The predicted molar refractivity (Wildman–Crippen MR) is 63.3 cm³/mol. The molecule has 1 amide bonds. The summed E-state index contributed by atoms with van der Waals surface area (Å²) >= 11 is 0. The average molecular weight is 233 g/mol. The Labute approximate surface area is 100.0 Å². The van der Waals surface area contributed by atoms with Gasteiger partial charge in [0, 0.05) is 5.69 Å². The fourth-order valence-electron chi connectivity index (χ4n) is 1.61. The second-order valence-corrected chi connectivity index (χ2v) is 4.34. The summed E-state index contributed by atoms with van der Waals surface area (Å²) in [5, 5.41) is 2.65. The Morgan fingerprint density at radius 2 is 2.00 bits per heavy atom. The summed E-state index contributed by atoms with van der Waals surface area (Å²) in [5.74, 6) is -0.169. The third kappa shape index (κ3) is 3.31. The maximum absolute atomic E-state index is 11.5. The first-order valence-corrected chi connectivity index (χ1v) is 5.68. The minimum absolute atomic E-state index is 0.000440. The van der Waals surface area contributed by atoms with Crippen LogP contribution in [-0.2, 0) is 14.3 Å². The molecule has 90 valence electrons. The summed E-state index contributed by atoms with van der Waals surface area (Å²) in [5.41, 5.74) is 0.702. The van der Waals surface area contributed by atoms with Crippen LogP contribution in [0.2, 0.25) is 0 Å². The highest BCUT2D eigenvalue weighted by molar-refractivity contribution is 5.93. The Morgan fingerprint density at radius 3 is 2.59 bits per heavy atom. The summed E-state index contributed by atoms with van der Waals surface area (Å²) in [7, 11) is 0. The van der Waals surface area contributed by atoms with Crippen LogP contribution < -0.4 is 5.32 Å². The van der Waals surface area contributed by atoms with Crippen LogP contribution in [0.4, 0.5) is 5.69 Å². The van der Waals surface area contributed by atoms with Crippen LogP contribution in [0, 0.1) is 11.8 Å². The highest BCUT2D eigenvalue weighted by Crippen LogP contribution is 2.38. The SMILES string of the molecule is C[C@H]1C[C@H]1C(=O)OCC(=O)Nc1ccccc1. The van der Waals surface area contributed by atoms with Gasteiger partial charge < -0.3 is 10.1 Å². The monoisotopic (exact) mass is 233 g/mol. The first-order valence-electron chi connectivity index (χ1n) is 5.68. The standard InChI is InChI=1S/C13H15NO3/c1-9-7-11(9)13(16)17-8-12(15)14-10-5-3-2-4-6-10/h2-6,9,11H,7-8H2,1H3,(H,14,15)/t9-,11+/m0/s1. The molecule has 0 bridgehead atoms. The molecule has 0 aromatic heterocycles. The van der Waals surface area contributed by atoms with Crippen molar-refractivity contribution in [2.75, 3.05) is 11.9 Å². The van der Waals surface area contributed by atoms with E-state index in [1.807, 2.05) is 25.1 Å². The first kappa shape index (κ1) is 11.6. The normalized spacial score (nSPS) is 21.7. The van der Waals surface area contributed by atoms with E-state index in [0.717, 1.165) is 6.42 Å². The van der Waals surface area contributed by atoms with E-state index in [4.69, 9.17) is 4.74 Å². The second-order valence-electron chi connectivity index (χ2n) is 4.34. The van der Waals surface area contributed by atoms with E-state index in [2.05, 4.69) is 5.32 Å². The van der Waals surface area contributed by atoms with Crippen LogP contribution >= 0.6 is 0 Å². The van der Waals surface area contributed by atoms with Crippen molar-refractivity contribution < 1.29 is 14.3 Å². The molecule has 0 spiro atoms. The molecule has 0 heterocycles. The second kappa shape index (κ2) is 4.99. The molecule has 1 fully saturated rings. The lowest BCUT2D eigenvalue weighted by Crippen LogP contribution is -2.21. The third-order valence-corrected chi connectivity index (χ3v) is 2.82. The molecule has 1 aliphatic rings. The third-order valence-electron chi connectivity index (χ3n) is 2.82. The highest BCUT2D eigenvalue weighted by Gasteiger charge is 2.40. The highest BCUT2D eigenvalue weighted by atomic mass is 16.5. The maximum atomic E-state index is 11.5. The van der Waals surface area contributed by atoms with E-state index in [-0.39, 0.29) is 24.4 Å². The summed E-state index contributed by atoms with van der Waals surface area (Å²) in [6.45, 7) is 1.78. The molecular formula is C13H15NO3. The molecule has 1 aromatic rings. The van der Waals surface area contributed by atoms with Gasteiger partial charge in [0.25, 0.3) is 5.91 Å². The molecule has 0 radical (unpaired) electrons. The molecule has 17 heavy (non-hydrogen) atoms. The van der Waals surface area contributed by atoms with Gasteiger partial charge in [0.2, 0.25) is 0 Å². The van der Waals surface area contributed by atoms with Crippen molar-refractivity contribution in [2.45, 2.75) is 13.3 Å². The van der Waals surface area contributed by atoms with Crippen molar-refractivity contribution in [1.82, 2.24) is 0 Å². The maximum Gasteiger partial charge on any atom is 0.309 e. The largest absolute Gasteiger partial charge is 0.455 e. The van der Waals surface area contributed by atoms with Gasteiger partial charge in [-0.3, -0.25) is 9.59 Å². The first-order chi connectivity index (χ1) is 8.16. The number of benzene rings is 1.